The molecule has 659 valence electrons. The van der Waals surface area contributed by atoms with Crippen LogP contribution in [0.4, 0.5) is 5.69 Å². The molecule has 0 aliphatic carbocycles. The Kier molecular flexibility index (Phi) is 44.8. The molecule has 0 saturated carbocycles. The van der Waals surface area contributed by atoms with E-state index < -0.39 is 5.63 Å². The average Bonchev–Trinajstić information content (AvgIpc) is 1.51. The van der Waals surface area contributed by atoms with Crippen molar-refractivity contribution < 1.29 is 145 Å². The molecule has 0 spiro atoms. The van der Waals surface area contributed by atoms with Gasteiger partial charge in [0.15, 0.2) is 39.4 Å². The number of aromatic nitrogens is 7. The number of fused-ring (bicyclic) bond motifs is 8. The van der Waals surface area contributed by atoms with Crippen molar-refractivity contribution in [3.05, 3.63) is 386 Å². The number of anilines is 1. The topological polar surface area (TPSA) is 273 Å². The van der Waals surface area contributed by atoms with Gasteiger partial charge in [0.05, 0.1) is 33.3 Å². The van der Waals surface area contributed by atoms with Crippen LogP contribution in [0.3, 0.4) is 0 Å². The van der Waals surface area contributed by atoms with Gasteiger partial charge in [-0.1, -0.05) is 175 Å². The van der Waals surface area contributed by atoms with Crippen LogP contribution < -0.4 is 10.5 Å². The molecule has 7 aromatic heterocycles. The Hall–Kier alpha value is -12.4. The molecule has 0 unspecified atom stereocenters. The molecular weight excluding hydrogens is 2510 g/mol. The second-order valence-electron chi connectivity index (χ2n) is 27.9. The predicted molar refractivity (Wildman–Crippen MR) is 498 cm³/mol. The third-order valence-electron chi connectivity index (χ3n) is 17.6. The summed E-state index contributed by atoms with van der Waals surface area (Å²) >= 11 is 1.44. The molecule has 24 heteroatoms. The molecule has 7 heterocycles. The summed E-state index contributed by atoms with van der Waals surface area (Å²) in [5.41, 5.74) is 10.8. The van der Waals surface area contributed by atoms with Gasteiger partial charge in [0, 0.05) is 175 Å². The van der Waals surface area contributed by atoms with E-state index in [2.05, 4.69) is 187 Å². The van der Waals surface area contributed by atoms with E-state index in [1.54, 1.807) is 12.4 Å². The first-order valence-corrected chi connectivity index (χ1v) is 39.6. The fraction of sp³-hybridized carbons (Fsp3) is 0.0962. The van der Waals surface area contributed by atoms with Crippen LogP contribution in [-0.2, 0) is 120 Å². The molecule has 128 heavy (non-hydrogen) atoms. The summed E-state index contributed by atoms with van der Waals surface area (Å²) in [6, 6.07) is 102. The number of carbonyl (C=O) groups excluding carboxylic acids is 4. The smallest absolute Gasteiger partial charge is 0.365 e. The van der Waals surface area contributed by atoms with Crippen LogP contribution in [0.25, 0.3) is 142 Å². The molecule has 18 aromatic rings. The van der Waals surface area contributed by atoms with Crippen molar-refractivity contribution in [3.8, 4) is 55.7 Å². The SMILES string of the molecule is CC(=O)C=C(C)O.CC(=O)C=C(C)O.CC(=O)C=C(C)O.CC(=O)C=C(C)O.CN(C)c1ccc2nc(-c3nc4ccccc4s3)c(=O)oc2c1.[Ir].[Ir].[Ir].[Ir].[Ir].[c-]1cc2ccccc2cc1-c1nccc2ccccc12.[c-]1ccc2ccccc2c1-c1cc2ccccc2cn1.[c-]1ccccc1-c1nccc2ccccc12.[c-]1cnccc1-c1nccc2ccccc12. The predicted octanol–water partition coefficient (Wildman–Crippen LogP) is 24.2. The van der Waals surface area contributed by atoms with E-state index in [1.165, 1.54) is 145 Å². The number of pyridine rings is 5. The number of para-hydroxylation sites is 1. The number of hydrogen-bond donors (Lipinski definition) is 4. The number of nitrogens with zero attached hydrogens (tertiary/aromatic N) is 8. The van der Waals surface area contributed by atoms with E-state index >= 15 is 0 Å². The second kappa shape index (κ2) is 54.0. The second-order valence-corrected chi connectivity index (χ2v) is 28.9. The van der Waals surface area contributed by atoms with Gasteiger partial charge in [0.25, 0.3) is 0 Å². The van der Waals surface area contributed by atoms with Crippen LogP contribution >= 0.6 is 11.3 Å². The Bertz CT molecular complexity index is 6480. The van der Waals surface area contributed by atoms with Gasteiger partial charge in [0.2, 0.25) is 0 Å². The zero-order valence-corrected chi connectivity index (χ0v) is 83.9. The van der Waals surface area contributed by atoms with Gasteiger partial charge in [-0.05, 0) is 176 Å². The van der Waals surface area contributed by atoms with Gasteiger partial charge in [-0.2, -0.15) is 11.6 Å². The Labute approximate surface area is 814 Å². The first kappa shape index (κ1) is 106. The quantitative estimate of drug-likeness (QED) is 0.0563. The number of ketones is 4. The average molecular weight is 2600 g/mol. The van der Waals surface area contributed by atoms with Crippen LogP contribution in [0, 0.1) is 24.3 Å². The number of hydrogen-bond acceptors (Lipinski definition) is 19. The maximum atomic E-state index is 12.3. The molecule has 18 nitrogen and oxygen atoms in total. The maximum absolute atomic E-state index is 12.3. The van der Waals surface area contributed by atoms with Crippen LogP contribution in [0.1, 0.15) is 55.4 Å². The minimum atomic E-state index is -0.465. The van der Waals surface area contributed by atoms with Gasteiger partial charge >= 0.3 is 5.63 Å². The number of allylic oxidation sites excluding steroid dienone is 8. The van der Waals surface area contributed by atoms with Crippen molar-refractivity contribution in [2.75, 3.05) is 19.0 Å². The maximum Gasteiger partial charge on any atom is 0.365 e. The number of thiazole rings is 1. The molecular formula is C104H88Ir5N8O10S-4. The van der Waals surface area contributed by atoms with Gasteiger partial charge < -0.3 is 49.7 Å². The van der Waals surface area contributed by atoms with E-state index in [0.29, 0.717) is 16.1 Å². The van der Waals surface area contributed by atoms with E-state index in [-0.39, 0.29) is 152 Å². The van der Waals surface area contributed by atoms with Crippen LogP contribution in [0.15, 0.2) is 361 Å². The van der Waals surface area contributed by atoms with E-state index in [0.717, 1.165) is 71.7 Å². The van der Waals surface area contributed by atoms with Gasteiger partial charge in [0.1, 0.15) is 5.52 Å². The Morgan fingerprint density at radius 2 is 0.812 bits per heavy atom. The summed E-state index contributed by atoms with van der Waals surface area (Å²) in [5.74, 6) is -0.250. The molecule has 0 aliphatic rings. The monoisotopic (exact) mass is 2610 g/mol. The van der Waals surface area contributed by atoms with Crippen molar-refractivity contribution in [1.82, 2.24) is 34.9 Å². The summed E-state index contributed by atoms with van der Waals surface area (Å²) in [5, 5.41) is 48.3. The minimum Gasteiger partial charge on any atom is -0.512 e. The van der Waals surface area contributed by atoms with E-state index in [9.17, 15) is 24.0 Å². The molecule has 0 fully saturated rings. The fourth-order valence-electron chi connectivity index (χ4n) is 12.4. The number of rotatable bonds is 10. The van der Waals surface area contributed by atoms with Crippen LogP contribution in [0.2, 0.25) is 0 Å². The van der Waals surface area contributed by atoms with Crippen molar-refractivity contribution in [2.24, 2.45) is 0 Å². The summed E-state index contributed by atoms with van der Waals surface area (Å²) in [7, 11) is 3.87. The van der Waals surface area contributed by atoms with Crippen LogP contribution in [0.5, 0.6) is 0 Å². The number of aliphatic hydroxyl groups is 4. The third kappa shape index (κ3) is 32.2. The normalized spacial score (nSPS) is 10.6. The van der Waals surface area contributed by atoms with Crippen molar-refractivity contribution in [3.63, 3.8) is 0 Å². The molecule has 0 aliphatic heterocycles. The van der Waals surface area contributed by atoms with Gasteiger partial charge in [-0.15, -0.1) is 112 Å². The van der Waals surface area contributed by atoms with Crippen molar-refractivity contribution >= 4 is 126 Å². The molecule has 0 amide bonds. The zero-order valence-electron chi connectivity index (χ0n) is 71.1. The summed E-state index contributed by atoms with van der Waals surface area (Å²) in [4.78, 5) is 85.3. The molecule has 18 rings (SSSR count). The Morgan fingerprint density at radius 1 is 0.375 bits per heavy atom. The largest absolute Gasteiger partial charge is 0.512 e. The fourth-order valence-corrected chi connectivity index (χ4v) is 13.4. The van der Waals surface area contributed by atoms with Crippen molar-refractivity contribution in [2.45, 2.75) is 55.4 Å². The number of aliphatic hydroxyl groups excluding tert-OH is 4. The minimum absolute atomic E-state index is 0. The standard InChI is InChI=1S/2C19H12N.C17H13N3O2S.C15H10N.C14H9N2.4C5H8O2.5Ir/c1-2-8-16-13-20-19(12-15(16)7-1)18-11-5-9-14-6-3-4-10-17(14)18;1-2-7-16-13-17(10-9-14(16)5-1)19-18-8-4-3-6-15(18)11-12-20-19;1-20(2)10-7-8-11-13(9-10)22-17(21)15(18-11)16-19-12-5-3-4-6-14(12)23-16;1-2-7-13(8-3-1)15-14-9-5-4-6-12(14)10-11-16-15;1-2-4-13-11(3-1)7-10-16-14(13)12-5-8-15-9-6-12;4*1-4(6)3-5(2)7;;;;;/h1-10,12-13H;1-9,11-13H;3-9H,1-2H3;1-7,9-11H;1-5,7-10H;4*3,6H,1-2H3;;;;;/q2*-1;;2*-1;;;;;;;;;. The third-order valence-corrected chi connectivity index (χ3v) is 18.7. The number of benzene rings is 11. The van der Waals surface area contributed by atoms with Crippen molar-refractivity contribution in [1.29, 1.82) is 0 Å². The van der Waals surface area contributed by atoms with E-state index in [1.807, 2.05) is 183 Å². The Balaban J connectivity index is 0.000000263. The summed E-state index contributed by atoms with van der Waals surface area (Å²) < 4.78 is 6.48. The number of carbonyl (C=O) groups is 4. The molecule has 5 radical (unpaired) electrons. The first-order chi connectivity index (χ1) is 59.3. The van der Waals surface area contributed by atoms with E-state index in [4.69, 9.17) is 24.8 Å². The first-order valence-electron chi connectivity index (χ1n) is 38.8. The molecule has 0 saturated heterocycles. The Morgan fingerprint density at radius 3 is 1.27 bits per heavy atom. The van der Waals surface area contributed by atoms with Crippen LogP contribution in [-0.4, -0.2) is 92.5 Å². The molecule has 11 aromatic carbocycles. The molecule has 0 atom stereocenters. The molecule has 4 N–H and O–H groups in total. The summed E-state index contributed by atoms with van der Waals surface area (Å²) in [6.07, 6.45) is 15.6. The summed E-state index contributed by atoms with van der Waals surface area (Å²) in [6.45, 7) is 11.4. The van der Waals surface area contributed by atoms with Gasteiger partial charge in [-0.3, -0.25) is 24.2 Å². The van der Waals surface area contributed by atoms with Gasteiger partial charge in [-0.25, -0.2) is 14.8 Å². The molecule has 0 bridgehead atoms. The zero-order chi connectivity index (χ0) is 87.7.